The molecular formula is C18H27NO4. The van der Waals surface area contributed by atoms with Crippen LogP contribution in [-0.4, -0.2) is 41.6 Å². The number of carboxylic acids is 1. The Kier molecular flexibility index (Phi) is 6.19. The Morgan fingerprint density at radius 1 is 1.17 bits per heavy atom. The zero-order valence-electron chi connectivity index (χ0n) is 14.8. The van der Waals surface area contributed by atoms with Gasteiger partial charge < -0.3 is 14.7 Å². The Morgan fingerprint density at radius 3 is 2.13 bits per heavy atom. The van der Waals surface area contributed by atoms with Crippen molar-refractivity contribution in [1.29, 1.82) is 0 Å². The number of nitrogens with zero attached hydrogens (tertiary/aromatic N) is 1. The van der Waals surface area contributed by atoms with E-state index >= 15 is 0 Å². The fourth-order valence-corrected chi connectivity index (χ4v) is 2.18. The van der Waals surface area contributed by atoms with Gasteiger partial charge in [0.25, 0.3) is 5.91 Å². The van der Waals surface area contributed by atoms with Crippen molar-refractivity contribution < 1.29 is 19.4 Å². The highest BCUT2D eigenvalue weighted by molar-refractivity contribution is 5.81. The van der Waals surface area contributed by atoms with E-state index in [1.807, 2.05) is 24.3 Å². The van der Waals surface area contributed by atoms with Crippen LogP contribution in [0.1, 0.15) is 40.2 Å². The summed E-state index contributed by atoms with van der Waals surface area (Å²) in [6.07, 6.45) is -0.665. The first-order valence-electron chi connectivity index (χ1n) is 7.77. The minimum absolute atomic E-state index is 0.0627. The van der Waals surface area contributed by atoms with Crippen LogP contribution in [0.5, 0.6) is 5.75 Å². The lowest BCUT2D eigenvalue weighted by atomic mass is 9.87. The van der Waals surface area contributed by atoms with Gasteiger partial charge in [0.1, 0.15) is 5.75 Å². The first-order valence-corrected chi connectivity index (χ1v) is 7.77. The maximum atomic E-state index is 12.2. The summed E-state index contributed by atoms with van der Waals surface area (Å²) in [5.41, 5.74) is 1.25. The van der Waals surface area contributed by atoms with Gasteiger partial charge in [0, 0.05) is 13.6 Å². The van der Waals surface area contributed by atoms with E-state index in [4.69, 9.17) is 9.84 Å². The van der Waals surface area contributed by atoms with E-state index in [0.29, 0.717) is 5.75 Å². The van der Waals surface area contributed by atoms with E-state index in [9.17, 15) is 9.59 Å². The standard InChI is InChI=1S/C18H27NO4/c1-12(17(21)22)11-19(6)16(20)13(2)23-15-9-7-14(8-10-15)18(3,4)5/h7-10,12-13H,11H2,1-6H3,(H,21,22). The topological polar surface area (TPSA) is 66.8 Å². The van der Waals surface area contributed by atoms with Crippen LogP contribution in [0.15, 0.2) is 24.3 Å². The number of amides is 1. The highest BCUT2D eigenvalue weighted by Crippen LogP contribution is 2.24. The molecule has 23 heavy (non-hydrogen) atoms. The van der Waals surface area contributed by atoms with Gasteiger partial charge >= 0.3 is 5.97 Å². The molecule has 0 fully saturated rings. The molecule has 0 aliphatic rings. The van der Waals surface area contributed by atoms with Crippen molar-refractivity contribution in [3.63, 3.8) is 0 Å². The summed E-state index contributed by atoms with van der Waals surface area (Å²) in [5, 5.41) is 8.91. The molecule has 5 heteroatoms. The molecule has 2 unspecified atom stereocenters. The number of hydrogen-bond acceptors (Lipinski definition) is 3. The summed E-state index contributed by atoms with van der Waals surface area (Å²) in [6.45, 7) is 9.80. The van der Waals surface area contributed by atoms with Gasteiger partial charge in [-0.25, -0.2) is 0 Å². The Labute approximate surface area is 138 Å². The first kappa shape index (κ1) is 19.0. The van der Waals surface area contributed by atoms with Crippen molar-refractivity contribution in [2.75, 3.05) is 13.6 Å². The lowest BCUT2D eigenvalue weighted by molar-refractivity contribution is -0.144. The van der Waals surface area contributed by atoms with Gasteiger partial charge in [-0.05, 0) is 30.0 Å². The number of likely N-dealkylation sites (N-methyl/N-ethyl adjacent to an activating group) is 1. The number of carbonyl (C=O) groups is 2. The molecule has 1 rings (SSSR count). The summed E-state index contributed by atoms with van der Waals surface area (Å²) < 4.78 is 5.67. The van der Waals surface area contributed by atoms with Gasteiger partial charge in [0.2, 0.25) is 0 Å². The predicted molar refractivity (Wildman–Crippen MR) is 89.7 cm³/mol. The lowest BCUT2D eigenvalue weighted by Crippen LogP contribution is -2.41. The Hall–Kier alpha value is -2.04. The molecule has 0 saturated heterocycles. The minimum atomic E-state index is -0.920. The number of carboxylic acid groups (broad SMARTS) is 1. The SMILES string of the molecule is CC(CN(C)C(=O)C(C)Oc1ccc(C(C)(C)C)cc1)C(=O)O. The molecule has 0 radical (unpaired) electrons. The van der Waals surface area contributed by atoms with Crippen LogP contribution < -0.4 is 4.74 Å². The smallest absolute Gasteiger partial charge is 0.308 e. The minimum Gasteiger partial charge on any atom is -0.481 e. The molecule has 0 bridgehead atoms. The maximum Gasteiger partial charge on any atom is 0.308 e. The van der Waals surface area contributed by atoms with E-state index in [-0.39, 0.29) is 17.9 Å². The van der Waals surface area contributed by atoms with Crippen LogP contribution in [-0.2, 0) is 15.0 Å². The Morgan fingerprint density at radius 2 is 1.70 bits per heavy atom. The third kappa shape index (κ3) is 5.58. The predicted octanol–water partition coefficient (Wildman–Crippen LogP) is 2.93. The van der Waals surface area contributed by atoms with Crippen LogP contribution in [0.4, 0.5) is 0 Å². The van der Waals surface area contributed by atoms with Gasteiger partial charge in [0.05, 0.1) is 5.92 Å². The number of rotatable bonds is 6. The fourth-order valence-electron chi connectivity index (χ4n) is 2.18. The van der Waals surface area contributed by atoms with Gasteiger partial charge in [-0.1, -0.05) is 39.8 Å². The van der Waals surface area contributed by atoms with E-state index in [1.165, 1.54) is 10.5 Å². The summed E-state index contributed by atoms with van der Waals surface area (Å²) in [6, 6.07) is 7.68. The number of benzene rings is 1. The van der Waals surface area contributed by atoms with Crippen molar-refractivity contribution >= 4 is 11.9 Å². The number of ether oxygens (including phenoxy) is 1. The third-order valence-electron chi connectivity index (χ3n) is 3.73. The maximum absolute atomic E-state index is 12.2. The largest absolute Gasteiger partial charge is 0.481 e. The average Bonchev–Trinajstić information content (AvgIpc) is 2.45. The second kappa shape index (κ2) is 7.49. The van der Waals surface area contributed by atoms with Crippen molar-refractivity contribution in [1.82, 2.24) is 4.90 Å². The molecule has 0 aromatic heterocycles. The highest BCUT2D eigenvalue weighted by Gasteiger charge is 2.23. The molecule has 5 nitrogen and oxygen atoms in total. The molecule has 1 aromatic carbocycles. The van der Waals surface area contributed by atoms with E-state index in [1.54, 1.807) is 20.9 Å². The zero-order chi connectivity index (χ0) is 17.8. The van der Waals surface area contributed by atoms with E-state index < -0.39 is 18.0 Å². The molecule has 128 valence electrons. The van der Waals surface area contributed by atoms with Gasteiger partial charge in [-0.2, -0.15) is 0 Å². The third-order valence-corrected chi connectivity index (χ3v) is 3.73. The zero-order valence-corrected chi connectivity index (χ0v) is 14.8. The summed E-state index contributed by atoms with van der Waals surface area (Å²) in [5.74, 6) is -1.14. The quantitative estimate of drug-likeness (QED) is 0.875. The molecule has 0 spiro atoms. The Balaban J connectivity index is 2.66. The normalized spacial score (nSPS) is 14.0. The molecule has 0 aliphatic heterocycles. The molecule has 1 N–H and O–H groups in total. The van der Waals surface area contributed by atoms with E-state index in [2.05, 4.69) is 20.8 Å². The van der Waals surface area contributed by atoms with Crippen LogP contribution in [0.3, 0.4) is 0 Å². The van der Waals surface area contributed by atoms with Crippen LogP contribution in [0.2, 0.25) is 0 Å². The van der Waals surface area contributed by atoms with Crippen LogP contribution in [0, 0.1) is 5.92 Å². The number of hydrogen-bond donors (Lipinski definition) is 1. The number of carbonyl (C=O) groups excluding carboxylic acids is 1. The molecule has 0 heterocycles. The highest BCUT2D eigenvalue weighted by atomic mass is 16.5. The molecular weight excluding hydrogens is 294 g/mol. The second-order valence-corrected chi connectivity index (χ2v) is 6.99. The molecule has 0 saturated carbocycles. The fraction of sp³-hybridized carbons (Fsp3) is 0.556. The summed E-state index contributed by atoms with van der Waals surface area (Å²) in [4.78, 5) is 24.5. The lowest BCUT2D eigenvalue weighted by Gasteiger charge is -2.24. The van der Waals surface area contributed by atoms with Crippen molar-refractivity contribution in [2.45, 2.75) is 46.1 Å². The van der Waals surface area contributed by atoms with Gasteiger partial charge in [-0.3, -0.25) is 9.59 Å². The first-order chi connectivity index (χ1) is 10.5. The van der Waals surface area contributed by atoms with Gasteiger partial charge in [0.15, 0.2) is 6.10 Å². The summed E-state index contributed by atoms with van der Waals surface area (Å²) >= 11 is 0. The number of aliphatic carboxylic acids is 1. The van der Waals surface area contributed by atoms with Crippen LogP contribution >= 0.6 is 0 Å². The monoisotopic (exact) mass is 321 g/mol. The molecule has 0 aliphatic carbocycles. The van der Waals surface area contributed by atoms with Crippen molar-refractivity contribution in [3.8, 4) is 5.75 Å². The molecule has 2 atom stereocenters. The van der Waals surface area contributed by atoms with E-state index in [0.717, 1.165) is 0 Å². The van der Waals surface area contributed by atoms with Crippen LogP contribution in [0.25, 0.3) is 0 Å². The summed E-state index contributed by atoms with van der Waals surface area (Å²) in [7, 11) is 1.59. The van der Waals surface area contributed by atoms with Gasteiger partial charge in [-0.15, -0.1) is 0 Å². The molecule has 1 amide bonds. The second-order valence-electron chi connectivity index (χ2n) is 6.99. The Bertz CT molecular complexity index is 545. The van der Waals surface area contributed by atoms with Crippen molar-refractivity contribution in [2.24, 2.45) is 5.92 Å². The van der Waals surface area contributed by atoms with Crippen molar-refractivity contribution in [3.05, 3.63) is 29.8 Å². The molecule has 1 aromatic rings. The average molecular weight is 321 g/mol.